The molecule has 24 heavy (non-hydrogen) atoms. The highest BCUT2D eigenvalue weighted by Crippen LogP contribution is 2.45. The monoisotopic (exact) mass is 384 g/mol. The minimum Gasteiger partial charge on any atom is -0.468 e. The zero-order valence-electron chi connectivity index (χ0n) is 14.2. The number of aryl methyl sites for hydroxylation is 1. The second-order valence-corrected chi connectivity index (χ2v) is 7.86. The molecule has 0 aromatic heterocycles. The summed E-state index contributed by atoms with van der Waals surface area (Å²) in [6.07, 6.45) is 0.894. The Bertz CT molecular complexity index is 798. The molecule has 3 nitrogen and oxygen atoms in total. The topological polar surface area (TPSA) is 24.8 Å². The zero-order chi connectivity index (χ0) is 16.8. The highest BCUT2D eigenvalue weighted by Gasteiger charge is 2.41. The van der Waals surface area contributed by atoms with Gasteiger partial charge in [-0.1, -0.05) is 59.6 Å². The maximum atomic E-state index is 6.26. The number of benzene rings is 2. The third-order valence-electron chi connectivity index (χ3n) is 4.74. The number of ether oxygens (including phenoxy) is 1. The molecule has 0 unspecified atom stereocenters. The van der Waals surface area contributed by atoms with E-state index < -0.39 is 0 Å². The average molecular weight is 385 g/mol. The van der Waals surface area contributed by atoms with Crippen molar-refractivity contribution in [1.82, 2.24) is 5.01 Å². The smallest absolute Gasteiger partial charge is 0.190 e. The molecular weight excluding hydrogens is 364 g/mol. The van der Waals surface area contributed by atoms with Gasteiger partial charge in [0.1, 0.15) is 5.75 Å². The Morgan fingerprint density at radius 3 is 2.62 bits per heavy atom. The summed E-state index contributed by atoms with van der Waals surface area (Å²) in [5.74, 6) is 1.35. The van der Waals surface area contributed by atoms with E-state index in [0.717, 1.165) is 22.4 Å². The summed E-state index contributed by atoms with van der Waals surface area (Å²) in [5.41, 5.74) is 4.83. The van der Waals surface area contributed by atoms with Gasteiger partial charge in [-0.15, -0.1) is 0 Å². The van der Waals surface area contributed by atoms with Crippen molar-refractivity contribution in [3.8, 4) is 5.75 Å². The van der Waals surface area contributed by atoms with Gasteiger partial charge >= 0.3 is 0 Å². The lowest BCUT2D eigenvalue weighted by Gasteiger charge is -2.40. The minimum atomic E-state index is -0.0216. The number of rotatable bonds is 2. The van der Waals surface area contributed by atoms with E-state index in [1.807, 2.05) is 6.07 Å². The predicted octanol–water partition coefficient (Wildman–Crippen LogP) is 5.28. The Morgan fingerprint density at radius 2 is 1.92 bits per heavy atom. The van der Waals surface area contributed by atoms with E-state index in [1.165, 1.54) is 16.7 Å². The van der Waals surface area contributed by atoms with Crippen LogP contribution in [-0.2, 0) is 0 Å². The normalized spacial score (nSPS) is 22.0. The standard InChI is InChI=1S/C20H21BrN2O/c1-12(2)20-23-18(16-10-15(21)8-9-19(16)24-20)11-17(22-23)14-6-4-13(3)5-7-14/h4-10,12,18,20H,11H2,1-3H3/t18-,20+/m1/s1. The van der Waals surface area contributed by atoms with Crippen LogP contribution < -0.4 is 4.74 Å². The van der Waals surface area contributed by atoms with Gasteiger partial charge in [0.05, 0.1) is 11.8 Å². The number of hydrogen-bond donors (Lipinski definition) is 0. The maximum absolute atomic E-state index is 6.26. The van der Waals surface area contributed by atoms with Crippen LogP contribution in [0.3, 0.4) is 0 Å². The summed E-state index contributed by atoms with van der Waals surface area (Å²) in [5, 5.41) is 7.11. The van der Waals surface area contributed by atoms with Crippen LogP contribution in [0.5, 0.6) is 5.75 Å². The Balaban J connectivity index is 1.75. The van der Waals surface area contributed by atoms with E-state index >= 15 is 0 Å². The van der Waals surface area contributed by atoms with Crippen LogP contribution in [-0.4, -0.2) is 16.9 Å². The first kappa shape index (κ1) is 15.7. The fourth-order valence-electron chi connectivity index (χ4n) is 3.45. The van der Waals surface area contributed by atoms with Gasteiger partial charge in [-0.25, -0.2) is 5.01 Å². The van der Waals surface area contributed by atoms with Crippen molar-refractivity contribution in [1.29, 1.82) is 0 Å². The summed E-state index contributed by atoms with van der Waals surface area (Å²) in [6, 6.07) is 15.1. The lowest BCUT2D eigenvalue weighted by atomic mass is 9.95. The molecule has 2 atom stereocenters. The molecule has 0 saturated heterocycles. The van der Waals surface area contributed by atoms with Crippen molar-refractivity contribution in [2.45, 2.75) is 39.5 Å². The van der Waals surface area contributed by atoms with Crippen molar-refractivity contribution >= 4 is 21.6 Å². The van der Waals surface area contributed by atoms with E-state index in [1.54, 1.807) is 0 Å². The molecule has 0 saturated carbocycles. The van der Waals surface area contributed by atoms with Gasteiger partial charge in [-0.3, -0.25) is 0 Å². The van der Waals surface area contributed by atoms with E-state index in [2.05, 4.69) is 78.1 Å². The summed E-state index contributed by atoms with van der Waals surface area (Å²) in [7, 11) is 0. The molecule has 0 spiro atoms. The Hall–Kier alpha value is -1.81. The Kier molecular flexibility index (Phi) is 3.87. The van der Waals surface area contributed by atoms with Crippen LogP contribution in [0.25, 0.3) is 0 Å². The largest absolute Gasteiger partial charge is 0.468 e. The predicted molar refractivity (Wildman–Crippen MR) is 100 cm³/mol. The first-order valence-corrected chi connectivity index (χ1v) is 9.21. The Morgan fingerprint density at radius 1 is 1.17 bits per heavy atom. The van der Waals surface area contributed by atoms with Crippen LogP contribution >= 0.6 is 15.9 Å². The van der Waals surface area contributed by atoms with Gasteiger partial charge in [0.25, 0.3) is 0 Å². The van der Waals surface area contributed by atoms with E-state index in [4.69, 9.17) is 9.84 Å². The molecule has 0 aliphatic carbocycles. The highest BCUT2D eigenvalue weighted by molar-refractivity contribution is 9.10. The fourth-order valence-corrected chi connectivity index (χ4v) is 3.83. The molecule has 2 aliphatic rings. The molecule has 2 aliphatic heterocycles. The van der Waals surface area contributed by atoms with Gasteiger partial charge in [0.15, 0.2) is 6.23 Å². The van der Waals surface area contributed by atoms with E-state index in [9.17, 15) is 0 Å². The average Bonchev–Trinajstić information content (AvgIpc) is 3.00. The molecule has 0 N–H and O–H groups in total. The van der Waals surface area contributed by atoms with Crippen molar-refractivity contribution in [2.75, 3.05) is 0 Å². The van der Waals surface area contributed by atoms with Crippen LogP contribution in [0.4, 0.5) is 0 Å². The number of fused-ring (bicyclic) bond motifs is 3. The second kappa shape index (κ2) is 5.92. The van der Waals surface area contributed by atoms with Gasteiger partial charge in [-0.05, 0) is 30.7 Å². The second-order valence-electron chi connectivity index (χ2n) is 6.95. The van der Waals surface area contributed by atoms with E-state index in [-0.39, 0.29) is 12.3 Å². The molecule has 0 fully saturated rings. The van der Waals surface area contributed by atoms with Gasteiger partial charge in [0.2, 0.25) is 0 Å². The summed E-state index contributed by atoms with van der Waals surface area (Å²) in [6.45, 7) is 6.48. The third kappa shape index (κ3) is 2.63. The van der Waals surface area contributed by atoms with Crippen molar-refractivity contribution < 1.29 is 4.74 Å². The number of hydrazone groups is 1. The van der Waals surface area contributed by atoms with Crippen LogP contribution in [0.15, 0.2) is 52.0 Å². The summed E-state index contributed by atoms with van der Waals surface area (Å²) < 4.78 is 7.34. The first-order valence-electron chi connectivity index (χ1n) is 8.42. The Labute approximate surface area is 151 Å². The third-order valence-corrected chi connectivity index (χ3v) is 5.23. The number of hydrogen-bond acceptors (Lipinski definition) is 3. The van der Waals surface area contributed by atoms with Gasteiger partial charge in [-0.2, -0.15) is 5.10 Å². The van der Waals surface area contributed by atoms with Crippen LogP contribution in [0, 0.1) is 12.8 Å². The molecule has 0 bridgehead atoms. The number of nitrogens with zero attached hydrogens (tertiary/aromatic N) is 2. The molecule has 2 aromatic rings. The SMILES string of the molecule is Cc1ccc(C2=NN3[C@H](C2)c2cc(Br)ccc2O[C@H]3C(C)C)cc1. The summed E-state index contributed by atoms with van der Waals surface area (Å²) in [4.78, 5) is 0. The van der Waals surface area contributed by atoms with Crippen molar-refractivity contribution in [2.24, 2.45) is 11.0 Å². The molecule has 4 rings (SSSR count). The molecular formula is C20H21BrN2O. The summed E-state index contributed by atoms with van der Waals surface area (Å²) >= 11 is 3.59. The first-order chi connectivity index (χ1) is 11.5. The highest BCUT2D eigenvalue weighted by atomic mass is 79.9. The lowest BCUT2D eigenvalue weighted by molar-refractivity contribution is -0.0461. The minimum absolute atomic E-state index is 0.0216. The maximum Gasteiger partial charge on any atom is 0.190 e. The molecule has 4 heteroatoms. The van der Waals surface area contributed by atoms with Gasteiger partial charge in [0, 0.05) is 22.4 Å². The number of halogens is 1. The van der Waals surface area contributed by atoms with Gasteiger partial charge < -0.3 is 4.74 Å². The lowest BCUT2D eigenvalue weighted by Crippen LogP contribution is -2.43. The molecule has 0 amide bonds. The van der Waals surface area contributed by atoms with Crippen molar-refractivity contribution in [3.63, 3.8) is 0 Å². The van der Waals surface area contributed by atoms with Crippen LogP contribution in [0.2, 0.25) is 0 Å². The molecule has 2 aromatic carbocycles. The zero-order valence-corrected chi connectivity index (χ0v) is 15.7. The quantitative estimate of drug-likeness (QED) is 0.702. The molecule has 2 heterocycles. The fraction of sp³-hybridized carbons (Fsp3) is 0.350. The molecule has 124 valence electrons. The van der Waals surface area contributed by atoms with Crippen molar-refractivity contribution in [3.05, 3.63) is 63.6 Å². The molecule has 0 radical (unpaired) electrons. The van der Waals surface area contributed by atoms with E-state index in [0.29, 0.717) is 5.92 Å². The van der Waals surface area contributed by atoms with Crippen LogP contribution in [0.1, 0.15) is 43.0 Å².